The molecule has 1 atom stereocenters. The Kier molecular flexibility index (Phi) is 12.8. The first-order chi connectivity index (χ1) is 13.8. The number of carbonyl (C=O) groups is 1. The van der Waals surface area contributed by atoms with Crippen LogP contribution in [0.15, 0.2) is 29.2 Å². The second-order valence-electron chi connectivity index (χ2n) is 7.26. The molecule has 1 aromatic rings. The summed E-state index contributed by atoms with van der Waals surface area (Å²) in [4.78, 5) is 11.6. The van der Waals surface area contributed by atoms with Crippen LogP contribution in [0.3, 0.4) is 0 Å². The number of aliphatic hydroxyl groups is 1. The topological polar surface area (TPSA) is 113 Å². The van der Waals surface area contributed by atoms with E-state index in [1.165, 1.54) is 56.4 Å². The molecule has 0 aliphatic carbocycles. The summed E-state index contributed by atoms with van der Waals surface area (Å²) in [6, 6.07) is 5.02. The zero-order valence-electron chi connectivity index (χ0n) is 17.3. The maximum absolute atomic E-state index is 11.8. The van der Waals surface area contributed by atoms with Crippen LogP contribution in [-0.4, -0.2) is 36.8 Å². The summed E-state index contributed by atoms with van der Waals surface area (Å²) >= 11 is 0. The van der Waals surface area contributed by atoms with Gasteiger partial charge in [0.1, 0.15) is 12.0 Å². The maximum atomic E-state index is 11.8. The Balaban J connectivity index is 2.05. The Morgan fingerprint density at radius 3 is 2.28 bits per heavy atom. The summed E-state index contributed by atoms with van der Waals surface area (Å²) in [5, 5.41) is 13.0. The molecule has 29 heavy (non-hydrogen) atoms. The number of hydrogen-bond donors (Lipinski definition) is 3. The van der Waals surface area contributed by atoms with Crippen LogP contribution < -0.4 is 10.1 Å². The van der Waals surface area contributed by atoms with Crippen molar-refractivity contribution in [2.45, 2.75) is 88.7 Å². The summed E-state index contributed by atoms with van der Waals surface area (Å²) < 4.78 is 36.0. The minimum absolute atomic E-state index is 0.238. The molecule has 1 unspecified atom stereocenters. The van der Waals surface area contributed by atoms with Crippen LogP contribution in [0.2, 0.25) is 0 Å². The van der Waals surface area contributed by atoms with E-state index in [9.17, 15) is 18.3 Å². The van der Waals surface area contributed by atoms with Crippen molar-refractivity contribution in [3.8, 4) is 5.75 Å². The number of rotatable bonds is 16. The number of nitrogens with one attached hydrogen (secondary N) is 1. The lowest BCUT2D eigenvalue weighted by atomic mass is 10.1. The second kappa shape index (κ2) is 14.5. The van der Waals surface area contributed by atoms with Gasteiger partial charge in [-0.05, 0) is 56.5 Å². The van der Waals surface area contributed by atoms with E-state index in [-0.39, 0.29) is 23.0 Å². The summed E-state index contributed by atoms with van der Waals surface area (Å²) in [6.07, 6.45) is 10.2. The van der Waals surface area contributed by atoms with Crippen LogP contribution >= 0.6 is 0 Å². The summed E-state index contributed by atoms with van der Waals surface area (Å²) in [5.74, 6) is -0.150. The minimum atomic E-state index is -4.25. The first-order valence-corrected chi connectivity index (χ1v) is 12.0. The van der Waals surface area contributed by atoms with Gasteiger partial charge in [0.2, 0.25) is 0 Å². The van der Waals surface area contributed by atoms with Crippen molar-refractivity contribution in [1.82, 2.24) is 5.32 Å². The van der Waals surface area contributed by atoms with Crippen LogP contribution in [0.1, 0.15) is 77.6 Å². The number of ether oxygens (including phenoxy) is 1. The van der Waals surface area contributed by atoms with Crippen molar-refractivity contribution in [2.75, 3.05) is 6.54 Å². The molecule has 0 radical (unpaired) electrons. The van der Waals surface area contributed by atoms with E-state index in [0.29, 0.717) is 13.0 Å². The van der Waals surface area contributed by atoms with Gasteiger partial charge in [0.15, 0.2) is 0 Å². The Morgan fingerprint density at radius 2 is 1.62 bits per heavy atom. The minimum Gasteiger partial charge on any atom is -0.427 e. The second-order valence-corrected chi connectivity index (χ2v) is 8.68. The Bertz CT molecular complexity index is 675. The van der Waals surface area contributed by atoms with Gasteiger partial charge < -0.3 is 9.84 Å². The highest BCUT2D eigenvalue weighted by Gasteiger charge is 2.10. The van der Waals surface area contributed by atoms with E-state index in [1.54, 1.807) is 0 Å². The van der Waals surface area contributed by atoms with Crippen LogP contribution in [0.5, 0.6) is 5.75 Å². The lowest BCUT2D eigenvalue weighted by molar-refractivity contribution is -0.134. The van der Waals surface area contributed by atoms with Gasteiger partial charge in [-0.25, -0.2) is 0 Å². The molecule has 0 amide bonds. The van der Waals surface area contributed by atoms with Crippen LogP contribution in [0, 0.1) is 0 Å². The number of esters is 1. The van der Waals surface area contributed by atoms with Crippen LogP contribution in [0.4, 0.5) is 0 Å². The number of unbranched alkanes of at least 4 members (excludes halogenated alkanes) is 7. The highest BCUT2D eigenvalue weighted by atomic mass is 32.2. The smallest absolute Gasteiger partial charge is 0.311 e. The molecule has 0 heterocycles. The van der Waals surface area contributed by atoms with Gasteiger partial charge in [-0.1, -0.05) is 45.4 Å². The van der Waals surface area contributed by atoms with E-state index in [0.717, 1.165) is 25.7 Å². The number of aliphatic hydroxyl groups excluding tert-OH is 1. The number of benzene rings is 1. The molecule has 0 bridgehead atoms. The van der Waals surface area contributed by atoms with Gasteiger partial charge in [-0.3, -0.25) is 14.7 Å². The van der Waals surface area contributed by atoms with Crippen molar-refractivity contribution in [3.63, 3.8) is 0 Å². The lowest BCUT2D eigenvalue weighted by Crippen LogP contribution is -2.29. The number of carbonyl (C=O) groups excluding carboxylic acids is 1. The van der Waals surface area contributed by atoms with Gasteiger partial charge in [-0.2, -0.15) is 8.42 Å². The third-order valence-electron chi connectivity index (χ3n) is 4.62. The molecule has 0 aliphatic heterocycles. The molecule has 0 aromatic heterocycles. The average molecular weight is 430 g/mol. The molecule has 0 spiro atoms. The van der Waals surface area contributed by atoms with E-state index in [2.05, 4.69) is 12.2 Å². The monoisotopic (exact) mass is 429 g/mol. The molecule has 0 saturated heterocycles. The summed E-state index contributed by atoms with van der Waals surface area (Å²) in [5.41, 5.74) is 0. The number of hydrogen-bond acceptors (Lipinski definition) is 6. The normalized spacial score (nSPS) is 12.7. The fourth-order valence-corrected chi connectivity index (χ4v) is 3.40. The molecule has 0 saturated carbocycles. The van der Waals surface area contributed by atoms with E-state index < -0.39 is 16.3 Å². The molecule has 8 heteroatoms. The third-order valence-corrected chi connectivity index (χ3v) is 5.49. The highest BCUT2D eigenvalue weighted by molar-refractivity contribution is 7.85. The third kappa shape index (κ3) is 12.6. The molecule has 166 valence electrons. The van der Waals surface area contributed by atoms with Crippen molar-refractivity contribution in [1.29, 1.82) is 0 Å². The van der Waals surface area contributed by atoms with Gasteiger partial charge in [0.05, 0.1) is 4.90 Å². The van der Waals surface area contributed by atoms with Crippen molar-refractivity contribution in [3.05, 3.63) is 24.3 Å². The fraction of sp³-hybridized carbons (Fsp3) is 0.667. The molecular formula is C21H35NO6S. The predicted molar refractivity (Wildman–Crippen MR) is 112 cm³/mol. The quantitative estimate of drug-likeness (QED) is 0.119. The summed E-state index contributed by atoms with van der Waals surface area (Å²) in [6.45, 7) is 2.91. The van der Waals surface area contributed by atoms with E-state index >= 15 is 0 Å². The molecule has 3 N–H and O–H groups in total. The van der Waals surface area contributed by atoms with E-state index in [4.69, 9.17) is 9.29 Å². The van der Waals surface area contributed by atoms with Crippen molar-refractivity contribution >= 4 is 16.1 Å². The Labute approximate surface area is 174 Å². The van der Waals surface area contributed by atoms with Crippen molar-refractivity contribution < 1.29 is 27.6 Å². The van der Waals surface area contributed by atoms with Crippen LogP contribution in [0.25, 0.3) is 0 Å². The average Bonchev–Trinajstić information content (AvgIpc) is 2.67. The molecular weight excluding hydrogens is 394 g/mol. The SMILES string of the molecule is CCCCCCCCC(O)NCCCCCC(=O)Oc1ccc(S(=O)(=O)O)cc1. The van der Waals surface area contributed by atoms with Crippen LogP contribution in [-0.2, 0) is 14.9 Å². The molecule has 7 nitrogen and oxygen atoms in total. The largest absolute Gasteiger partial charge is 0.427 e. The predicted octanol–water partition coefficient (Wildman–Crippen LogP) is 4.06. The first kappa shape index (κ1) is 25.6. The van der Waals surface area contributed by atoms with Crippen molar-refractivity contribution in [2.24, 2.45) is 0 Å². The highest BCUT2D eigenvalue weighted by Crippen LogP contribution is 2.16. The fourth-order valence-electron chi connectivity index (χ4n) is 2.92. The summed E-state index contributed by atoms with van der Waals surface area (Å²) in [7, 11) is -4.25. The van der Waals surface area contributed by atoms with E-state index in [1.807, 2.05) is 0 Å². The zero-order valence-corrected chi connectivity index (χ0v) is 18.1. The Morgan fingerprint density at radius 1 is 1.00 bits per heavy atom. The van der Waals surface area contributed by atoms with Gasteiger partial charge in [0, 0.05) is 6.42 Å². The van der Waals surface area contributed by atoms with Gasteiger partial charge in [0.25, 0.3) is 10.1 Å². The maximum Gasteiger partial charge on any atom is 0.311 e. The van der Waals surface area contributed by atoms with Gasteiger partial charge >= 0.3 is 5.97 Å². The molecule has 1 rings (SSSR count). The zero-order chi connectivity index (χ0) is 21.5. The lowest BCUT2D eigenvalue weighted by Gasteiger charge is -2.12. The molecule has 1 aromatic carbocycles. The first-order valence-electron chi connectivity index (χ1n) is 10.5. The standard InChI is InChI=1S/C21H35NO6S/c1-2-3-4-5-6-8-11-20(23)22-17-10-7-9-12-21(24)28-18-13-15-19(16-14-18)29(25,26)27/h13-16,20,22-23H,2-12,17H2,1H3,(H,25,26,27). The Hall–Kier alpha value is -1.48. The van der Waals surface area contributed by atoms with Gasteiger partial charge in [-0.15, -0.1) is 0 Å². The molecule has 0 aliphatic rings. The molecule has 0 fully saturated rings.